The highest BCUT2D eigenvalue weighted by atomic mass is 16.7. The molecule has 0 unspecified atom stereocenters. The molecule has 0 bridgehead atoms. The summed E-state index contributed by atoms with van der Waals surface area (Å²) in [5.41, 5.74) is 6.89. The van der Waals surface area contributed by atoms with Crippen LogP contribution < -0.4 is 19.9 Å². The number of nitrogens with zero attached hydrogens (tertiary/aromatic N) is 1. The number of nitrogens with two attached hydrogens (primary N) is 1. The average Bonchev–Trinajstić information content (AvgIpc) is 2.92. The number of ether oxygens (including phenoxy) is 3. The first-order chi connectivity index (χ1) is 9.74. The monoisotopic (exact) mass is 271 g/mol. The summed E-state index contributed by atoms with van der Waals surface area (Å²) >= 11 is 0. The van der Waals surface area contributed by atoms with Crippen LogP contribution in [-0.2, 0) is 6.61 Å². The molecule has 0 spiro atoms. The minimum Gasteiger partial charge on any atom is -0.472 e. The Balaban J connectivity index is 1.75. The number of amidine groups is 1. The predicted octanol–water partition coefficient (Wildman–Crippen LogP) is 1.67. The van der Waals surface area contributed by atoms with Crippen LogP contribution in [0.15, 0.2) is 36.5 Å². The van der Waals surface area contributed by atoms with E-state index >= 15 is 0 Å². The molecule has 3 rings (SSSR count). The zero-order valence-corrected chi connectivity index (χ0v) is 10.6. The van der Waals surface area contributed by atoms with Gasteiger partial charge in [0, 0.05) is 6.20 Å². The van der Waals surface area contributed by atoms with Crippen LogP contribution in [-0.4, -0.2) is 17.6 Å². The Morgan fingerprint density at radius 2 is 2.15 bits per heavy atom. The molecule has 1 aliphatic heterocycles. The maximum atomic E-state index is 7.48. The fourth-order valence-electron chi connectivity index (χ4n) is 1.89. The van der Waals surface area contributed by atoms with E-state index in [2.05, 4.69) is 4.98 Å². The Hall–Kier alpha value is -2.76. The Kier molecular flexibility index (Phi) is 3.12. The minimum atomic E-state index is -0.0706. The Labute approximate surface area is 115 Å². The van der Waals surface area contributed by atoms with Crippen molar-refractivity contribution in [3.05, 3.63) is 47.7 Å². The van der Waals surface area contributed by atoms with Gasteiger partial charge in [0.2, 0.25) is 12.7 Å². The second kappa shape index (κ2) is 5.08. The lowest BCUT2D eigenvalue weighted by Crippen LogP contribution is -2.13. The number of rotatable bonds is 4. The standard InChI is InChI=1S/C14H13N3O3/c15-13(16)10-2-1-5-17-14(10)18-7-9-3-4-11-12(6-9)20-8-19-11/h1-6H,7-8H2,(H3,15,16). The molecule has 0 saturated carbocycles. The van der Waals surface area contributed by atoms with E-state index in [0.717, 1.165) is 11.3 Å². The van der Waals surface area contributed by atoms with Gasteiger partial charge in [0.15, 0.2) is 11.5 Å². The van der Waals surface area contributed by atoms with Crippen molar-refractivity contribution in [1.29, 1.82) is 5.41 Å². The highest BCUT2D eigenvalue weighted by Gasteiger charge is 2.14. The van der Waals surface area contributed by atoms with Crippen LogP contribution in [0.3, 0.4) is 0 Å². The van der Waals surface area contributed by atoms with Gasteiger partial charge >= 0.3 is 0 Å². The molecule has 2 aromatic rings. The highest BCUT2D eigenvalue weighted by Crippen LogP contribution is 2.32. The van der Waals surface area contributed by atoms with Crippen LogP contribution >= 0.6 is 0 Å². The summed E-state index contributed by atoms with van der Waals surface area (Å²) in [5, 5.41) is 7.48. The van der Waals surface area contributed by atoms with E-state index in [9.17, 15) is 0 Å². The first-order valence-corrected chi connectivity index (χ1v) is 6.05. The Morgan fingerprint density at radius 3 is 3.00 bits per heavy atom. The van der Waals surface area contributed by atoms with Gasteiger partial charge in [0.05, 0.1) is 5.56 Å². The van der Waals surface area contributed by atoms with Gasteiger partial charge in [-0.05, 0) is 29.8 Å². The van der Waals surface area contributed by atoms with Gasteiger partial charge < -0.3 is 19.9 Å². The lowest BCUT2D eigenvalue weighted by molar-refractivity contribution is 0.174. The van der Waals surface area contributed by atoms with Crippen molar-refractivity contribution in [3.63, 3.8) is 0 Å². The summed E-state index contributed by atoms with van der Waals surface area (Å²) in [6.45, 7) is 0.558. The van der Waals surface area contributed by atoms with E-state index in [-0.39, 0.29) is 12.6 Å². The van der Waals surface area contributed by atoms with Crippen LogP contribution in [0.5, 0.6) is 17.4 Å². The van der Waals surface area contributed by atoms with Crippen LogP contribution in [0.4, 0.5) is 0 Å². The van der Waals surface area contributed by atoms with Crippen molar-refractivity contribution in [2.24, 2.45) is 5.73 Å². The van der Waals surface area contributed by atoms with E-state index in [4.69, 9.17) is 25.4 Å². The van der Waals surface area contributed by atoms with Crippen LogP contribution in [0, 0.1) is 5.41 Å². The number of nitrogen functional groups attached to an aromatic ring is 1. The predicted molar refractivity (Wildman–Crippen MR) is 72.2 cm³/mol. The second-order valence-electron chi connectivity index (χ2n) is 4.25. The van der Waals surface area contributed by atoms with E-state index in [1.54, 1.807) is 18.3 Å². The average molecular weight is 271 g/mol. The normalized spacial score (nSPS) is 12.2. The van der Waals surface area contributed by atoms with Gasteiger partial charge in [-0.15, -0.1) is 0 Å². The molecule has 1 aromatic heterocycles. The molecule has 0 saturated heterocycles. The number of benzene rings is 1. The number of pyridine rings is 1. The van der Waals surface area contributed by atoms with Gasteiger partial charge in [0.25, 0.3) is 0 Å². The zero-order chi connectivity index (χ0) is 13.9. The third kappa shape index (κ3) is 2.35. The van der Waals surface area contributed by atoms with Gasteiger partial charge in [0.1, 0.15) is 12.4 Å². The quantitative estimate of drug-likeness (QED) is 0.652. The molecule has 0 fully saturated rings. The van der Waals surface area contributed by atoms with Crippen LogP contribution in [0.2, 0.25) is 0 Å². The topological polar surface area (TPSA) is 90.5 Å². The Bertz CT molecular complexity index is 658. The molecule has 20 heavy (non-hydrogen) atoms. The van der Waals surface area contributed by atoms with E-state index in [0.29, 0.717) is 23.8 Å². The van der Waals surface area contributed by atoms with E-state index in [1.807, 2.05) is 18.2 Å². The summed E-state index contributed by atoms with van der Waals surface area (Å²) < 4.78 is 16.2. The van der Waals surface area contributed by atoms with Gasteiger partial charge in [-0.3, -0.25) is 5.41 Å². The molecule has 6 heteroatoms. The summed E-state index contributed by atoms with van der Waals surface area (Å²) in [6.07, 6.45) is 1.60. The van der Waals surface area contributed by atoms with Gasteiger partial charge in [-0.25, -0.2) is 4.98 Å². The molecule has 0 radical (unpaired) electrons. The third-order valence-electron chi connectivity index (χ3n) is 2.87. The molecule has 0 amide bonds. The second-order valence-corrected chi connectivity index (χ2v) is 4.25. The lowest BCUT2D eigenvalue weighted by Gasteiger charge is -2.09. The zero-order valence-electron chi connectivity index (χ0n) is 10.6. The first kappa shape index (κ1) is 12.3. The largest absolute Gasteiger partial charge is 0.472 e. The fourth-order valence-corrected chi connectivity index (χ4v) is 1.89. The molecule has 2 heterocycles. The molecule has 1 aromatic carbocycles. The number of hydrogen-bond donors (Lipinski definition) is 2. The van der Waals surface area contributed by atoms with Crippen molar-refractivity contribution in [1.82, 2.24) is 4.98 Å². The molecule has 0 aliphatic carbocycles. The maximum absolute atomic E-state index is 7.48. The first-order valence-electron chi connectivity index (χ1n) is 6.05. The summed E-state index contributed by atoms with van der Waals surface area (Å²) in [7, 11) is 0. The molecular weight excluding hydrogens is 258 g/mol. The molecule has 3 N–H and O–H groups in total. The molecule has 102 valence electrons. The van der Waals surface area contributed by atoms with Crippen LogP contribution in [0.1, 0.15) is 11.1 Å². The molecule has 0 atom stereocenters. The lowest BCUT2D eigenvalue weighted by atomic mass is 10.2. The maximum Gasteiger partial charge on any atom is 0.231 e. The smallest absolute Gasteiger partial charge is 0.231 e. The third-order valence-corrected chi connectivity index (χ3v) is 2.87. The minimum absolute atomic E-state index is 0.0706. The van der Waals surface area contributed by atoms with Crippen molar-refractivity contribution in [2.45, 2.75) is 6.61 Å². The highest BCUT2D eigenvalue weighted by molar-refractivity contribution is 5.96. The number of nitrogens with one attached hydrogen (secondary N) is 1. The Morgan fingerprint density at radius 1 is 1.30 bits per heavy atom. The molecule has 1 aliphatic rings. The number of hydrogen-bond acceptors (Lipinski definition) is 5. The summed E-state index contributed by atoms with van der Waals surface area (Å²) in [6, 6.07) is 9.00. The van der Waals surface area contributed by atoms with E-state index < -0.39 is 0 Å². The van der Waals surface area contributed by atoms with Crippen molar-refractivity contribution in [2.75, 3.05) is 6.79 Å². The van der Waals surface area contributed by atoms with Gasteiger partial charge in [-0.1, -0.05) is 6.07 Å². The van der Waals surface area contributed by atoms with Crippen molar-refractivity contribution < 1.29 is 14.2 Å². The summed E-state index contributed by atoms with van der Waals surface area (Å²) in [4.78, 5) is 4.09. The molecular formula is C14H13N3O3. The van der Waals surface area contributed by atoms with Gasteiger partial charge in [-0.2, -0.15) is 0 Å². The number of aromatic nitrogens is 1. The summed E-state index contributed by atoms with van der Waals surface area (Å²) in [5.74, 6) is 1.71. The van der Waals surface area contributed by atoms with Crippen molar-refractivity contribution in [3.8, 4) is 17.4 Å². The van der Waals surface area contributed by atoms with E-state index in [1.165, 1.54) is 0 Å². The molecule has 6 nitrogen and oxygen atoms in total. The number of fused-ring (bicyclic) bond motifs is 1. The van der Waals surface area contributed by atoms with Crippen LogP contribution in [0.25, 0.3) is 0 Å². The fraction of sp³-hybridized carbons (Fsp3) is 0.143. The SMILES string of the molecule is N=C(N)c1cccnc1OCc1ccc2c(c1)OCO2. The van der Waals surface area contributed by atoms with Crippen molar-refractivity contribution >= 4 is 5.84 Å².